The topological polar surface area (TPSA) is 12.0 Å². The molecule has 2 fully saturated rings. The first-order valence-electron chi connectivity index (χ1n) is 7.84. The van der Waals surface area contributed by atoms with Gasteiger partial charge in [-0.15, -0.1) is 0 Å². The quantitative estimate of drug-likeness (QED) is 0.723. The SMILES string of the molecule is CCCNC(CC1CC1)C1CCC(C)(C)CC1. The summed E-state index contributed by atoms with van der Waals surface area (Å²) in [5, 5.41) is 3.84. The van der Waals surface area contributed by atoms with E-state index in [2.05, 4.69) is 26.1 Å². The van der Waals surface area contributed by atoms with Gasteiger partial charge in [0.05, 0.1) is 0 Å². The summed E-state index contributed by atoms with van der Waals surface area (Å²) in [4.78, 5) is 0. The molecular formula is C16H31N. The van der Waals surface area contributed by atoms with Gasteiger partial charge in [-0.3, -0.25) is 0 Å². The molecule has 0 radical (unpaired) electrons. The standard InChI is InChI=1S/C16H31N/c1-4-11-17-15(12-13-5-6-13)14-7-9-16(2,3)10-8-14/h13-15,17H,4-12H2,1-3H3. The molecule has 17 heavy (non-hydrogen) atoms. The molecule has 1 nitrogen and oxygen atoms in total. The molecular weight excluding hydrogens is 206 g/mol. The molecule has 1 atom stereocenters. The summed E-state index contributed by atoms with van der Waals surface area (Å²) >= 11 is 0. The zero-order chi connectivity index (χ0) is 12.3. The van der Waals surface area contributed by atoms with Crippen molar-refractivity contribution >= 4 is 0 Å². The van der Waals surface area contributed by atoms with Gasteiger partial charge in [0.25, 0.3) is 0 Å². The van der Waals surface area contributed by atoms with Crippen LogP contribution in [0.4, 0.5) is 0 Å². The lowest BCUT2D eigenvalue weighted by molar-refractivity contribution is 0.155. The number of rotatable bonds is 6. The molecule has 0 aliphatic heterocycles. The first kappa shape index (κ1) is 13.4. The van der Waals surface area contributed by atoms with E-state index in [1.165, 1.54) is 57.9 Å². The Morgan fingerprint density at radius 2 is 1.76 bits per heavy atom. The van der Waals surface area contributed by atoms with Crippen LogP contribution in [0.5, 0.6) is 0 Å². The molecule has 0 aromatic rings. The minimum atomic E-state index is 0.616. The highest BCUT2D eigenvalue weighted by Gasteiger charge is 2.34. The molecule has 0 aromatic carbocycles. The lowest BCUT2D eigenvalue weighted by Gasteiger charge is -2.38. The fourth-order valence-electron chi connectivity index (χ4n) is 3.31. The number of hydrogen-bond donors (Lipinski definition) is 1. The first-order valence-corrected chi connectivity index (χ1v) is 7.84. The third-order valence-corrected chi connectivity index (χ3v) is 4.89. The van der Waals surface area contributed by atoms with Crippen molar-refractivity contribution in [3.63, 3.8) is 0 Å². The smallest absolute Gasteiger partial charge is 0.00979 e. The minimum absolute atomic E-state index is 0.616. The van der Waals surface area contributed by atoms with Crippen LogP contribution in [0.3, 0.4) is 0 Å². The van der Waals surface area contributed by atoms with Crippen molar-refractivity contribution in [3.8, 4) is 0 Å². The largest absolute Gasteiger partial charge is 0.314 e. The molecule has 1 heteroatoms. The molecule has 1 unspecified atom stereocenters. The zero-order valence-electron chi connectivity index (χ0n) is 12.1. The Kier molecular flexibility index (Phi) is 4.52. The monoisotopic (exact) mass is 237 g/mol. The maximum Gasteiger partial charge on any atom is 0.00979 e. The lowest BCUT2D eigenvalue weighted by atomic mass is 9.70. The van der Waals surface area contributed by atoms with Crippen LogP contribution in [-0.4, -0.2) is 12.6 Å². The first-order chi connectivity index (χ1) is 8.11. The predicted octanol–water partition coefficient (Wildman–Crippen LogP) is 4.37. The molecule has 0 heterocycles. The molecule has 1 N–H and O–H groups in total. The second-order valence-electron chi connectivity index (χ2n) is 7.24. The summed E-state index contributed by atoms with van der Waals surface area (Å²) in [7, 11) is 0. The van der Waals surface area contributed by atoms with Gasteiger partial charge in [-0.25, -0.2) is 0 Å². The van der Waals surface area contributed by atoms with E-state index in [1.807, 2.05) is 0 Å². The van der Waals surface area contributed by atoms with Gasteiger partial charge in [0.2, 0.25) is 0 Å². The predicted molar refractivity (Wildman–Crippen MR) is 75.2 cm³/mol. The van der Waals surface area contributed by atoms with Crippen molar-refractivity contribution in [3.05, 3.63) is 0 Å². The van der Waals surface area contributed by atoms with E-state index in [-0.39, 0.29) is 0 Å². The Morgan fingerprint density at radius 1 is 1.12 bits per heavy atom. The minimum Gasteiger partial charge on any atom is -0.314 e. The van der Waals surface area contributed by atoms with Crippen molar-refractivity contribution in [1.82, 2.24) is 5.32 Å². The molecule has 0 spiro atoms. The zero-order valence-corrected chi connectivity index (χ0v) is 12.1. The van der Waals surface area contributed by atoms with Crippen LogP contribution in [-0.2, 0) is 0 Å². The highest BCUT2D eigenvalue weighted by atomic mass is 14.9. The highest BCUT2D eigenvalue weighted by molar-refractivity contribution is 4.88. The van der Waals surface area contributed by atoms with Gasteiger partial charge in [-0.2, -0.15) is 0 Å². The highest BCUT2D eigenvalue weighted by Crippen LogP contribution is 2.42. The third kappa shape index (κ3) is 4.28. The summed E-state index contributed by atoms with van der Waals surface area (Å²) in [6, 6.07) is 0.832. The second kappa shape index (κ2) is 5.73. The molecule has 2 aliphatic carbocycles. The Balaban J connectivity index is 1.81. The van der Waals surface area contributed by atoms with Crippen molar-refractivity contribution < 1.29 is 0 Å². The molecule has 0 aromatic heterocycles. The van der Waals surface area contributed by atoms with Gasteiger partial charge in [-0.05, 0) is 62.3 Å². The summed E-state index contributed by atoms with van der Waals surface area (Å²) in [5.74, 6) is 2.04. The Labute approximate surface area is 108 Å². The molecule has 100 valence electrons. The Morgan fingerprint density at radius 3 is 2.29 bits per heavy atom. The van der Waals surface area contributed by atoms with Gasteiger partial charge >= 0.3 is 0 Å². The van der Waals surface area contributed by atoms with Crippen molar-refractivity contribution in [2.45, 2.75) is 78.2 Å². The summed E-state index contributed by atoms with van der Waals surface area (Å²) in [5.41, 5.74) is 0.616. The third-order valence-electron chi connectivity index (χ3n) is 4.89. The molecule has 2 aliphatic rings. The van der Waals surface area contributed by atoms with Crippen molar-refractivity contribution in [1.29, 1.82) is 0 Å². The van der Waals surface area contributed by atoms with Crippen LogP contribution in [0.15, 0.2) is 0 Å². The van der Waals surface area contributed by atoms with Gasteiger partial charge in [0.15, 0.2) is 0 Å². The fraction of sp³-hybridized carbons (Fsp3) is 1.00. The van der Waals surface area contributed by atoms with Crippen LogP contribution in [0.1, 0.15) is 72.1 Å². The van der Waals surface area contributed by atoms with E-state index in [4.69, 9.17) is 0 Å². The Hall–Kier alpha value is -0.0400. The van der Waals surface area contributed by atoms with E-state index in [9.17, 15) is 0 Å². The van der Waals surface area contributed by atoms with Crippen LogP contribution < -0.4 is 5.32 Å². The summed E-state index contributed by atoms with van der Waals surface area (Å²) < 4.78 is 0. The van der Waals surface area contributed by atoms with E-state index in [0.29, 0.717) is 5.41 Å². The van der Waals surface area contributed by atoms with Crippen LogP contribution in [0, 0.1) is 17.3 Å². The fourth-order valence-corrected chi connectivity index (χ4v) is 3.31. The maximum atomic E-state index is 3.84. The van der Waals surface area contributed by atoms with Gasteiger partial charge in [0, 0.05) is 6.04 Å². The maximum absolute atomic E-state index is 3.84. The van der Waals surface area contributed by atoms with E-state index >= 15 is 0 Å². The number of nitrogens with one attached hydrogen (secondary N) is 1. The van der Waals surface area contributed by atoms with Gasteiger partial charge < -0.3 is 5.32 Å². The molecule has 0 bridgehead atoms. The summed E-state index contributed by atoms with van der Waals surface area (Å²) in [6.45, 7) is 8.39. The van der Waals surface area contributed by atoms with Gasteiger partial charge in [0.1, 0.15) is 0 Å². The van der Waals surface area contributed by atoms with Crippen LogP contribution in [0.25, 0.3) is 0 Å². The Bertz CT molecular complexity index is 220. The molecule has 0 amide bonds. The average molecular weight is 237 g/mol. The molecule has 2 rings (SSSR count). The average Bonchev–Trinajstić information content (AvgIpc) is 3.08. The molecule has 2 saturated carbocycles. The van der Waals surface area contributed by atoms with Crippen LogP contribution >= 0.6 is 0 Å². The van der Waals surface area contributed by atoms with E-state index < -0.39 is 0 Å². The van der Waals surface area contributed by atoms with Gasteiger partial charge in [-0.1, -0.05) is 33.6 Å². The summed E-state index contributed by atoms with van der Waals surface area (Å²) in [6.07, 6.45) is 11.5. The second-order valence-corrected chi connectivity index (χ2v) is 7.24. The lowest BCUT2D eigenvalue weighted by Crippen LogP contribution is -2.40. The normalized spacial score (nSPS) is 27.0. The molecule has 0 saturated heterocycles. The van der Waals surface area contributed by atoms with Crippen molar-refractivity contribution in [2.24, 2.45) is 17.3 Å². The van der Waals surface area contributed by atoms with Crippen molar-refractivity contribution in [2.75, 3.05) is 6.54 Å². The number of hydrogen-bond acceptors (Lipinski definition) is 1. The van der Waals surface area contributed by atoms with E-state index in [0.717, 1.165) is 17.9 Å². The van der Waals surface area contributed by atoms with Crippen LogP contribution in [0.2, 0.25) is 0 Å². The van der Waals surface area contributed by atoms with E-state index in [1.54, 1.807) is 0 Å².